The Hall–Kier alpha value is -1.94. The Bertz CT molecular complexity index is 638. The van der Waals surface area contributed by atoms with Gasteiger partial charge in [-0.3, -0.25) is 0 Å². The molecule has 0 radical (unpaired) electrons. The molecule has 0 spiro atoms. The van der Waals surface area contributed by atoms with Crippen LogP contribution in [0.1, 0.15) is 11.1 Å². The van der Waals surface area contributed by atoms with Gasteiger partial charge in [0.2, 0.25) is 0 Å². The van der Waals surface area contributed by atoms with Crippen LogP contribution in [0.25, 0.3) is 12.2 Å². The summed E-state index contributed by atoms with van der Waals surface area (Å²) >= 11 is 3.42. The number of benzene rings is 2. The summed E-state index contributed by atoms with van der Waals surface area (Å²) in [7, 11) is 3.25. The molecule has 0 saturated carbocycles. The summed E-state index contributed by atoms with van der Waals surface area (Å²) in [5.74, 6) is 1.44. The van der Waals surface area contributed by atoms with Crippen molar-refractivity contribution in [3.8, 4) is 11.5 Å². The molecule has 0 saturated heterocycles. The number of hydrogen-bond acceptors (Lipinski definition) is 3. The van der Waals surface area contributed by atoms with E-state index >= 15 is 0 Å². The average Bonchev–Trinajstić information content (AvgIpc) is 2.48. The predicted molar refractivity (Wildman–Crippen MR) is 87.0 cm³/mol. The van der Waals surface area contributed by atoms with Gasteiger partial charge in [-0.25, -0.2) is 0 Å². The van der Waals surface area contributed by atoms with Crippen LogP contribution in [-0.4, -0.2) is 14.2 Å². The Morgan fingerprint density at radius 3 is 2.10 bits per heavy atom. The van der Waals surface area contributed by atoms with Crippen molar-refractivity contribution in [2.24, 2.45) is 0 Å². The average molecular weight is 334 g/mol. The molecule has 0 heterocycles. The van der Waals surface area contributed by atoms with Crippen molar-refractivity contribution < 1.29 is 9.47 Å². The first kappa shape index (κ1) is 14.5. The first-order valence-electron chi connectivity index (χ1n) is 6.09. The zero-order valence-electron chi connectivity index (χ0n) is 11.4. The van der Waals surface area contributed by atoms with E-state index in [1.165, 1.54) is 0 Å². The molecule has 2 N–H and O–H groups in total. The quantitative estimate of drug-likeness (QED) is 0.673. The summed E-state index contributed by atoms with van der Waals surface area (Å²) in [5, 5.41) is 0. The van der Waals surface area contributed by atoms with Gasteiger partial charge in [-0.1, -0.05) is 24.3 Å². The van der Waals surface area contributed by atoms with Crippen LogP contribution in [0.2, 0.25) is 0 Å². The topological polar surface area (TPSA) is 44.5 Å². The van der Waals surface area contributed by atoms with E-state index in [0.717, 1.165) is 27.0 Å². The van der Waals surface area contributed by atoms with Gasteiger partial charge in [-0.15, -0.1) is 0 Å². The number of methoxy groups -OCH3 is 2. The van der Waals surface area contributed by atoms with E-state index < -0.39 is 0 Å². The van der Waals surface area contributed by atoms with Crippen molar-refractivity contribution in [1.29, 1.82) is 0 Å². The van der Waals surface area contributed by atoms with Crippen LogP contribution in [-0.2, 0) is 0 Å². The van der Waals surface area contributed by atoms with E-state index in [-0.39, 0.29) is 0 Å². The molecule has 4 heteroatoms. The van der Waals surface area contributed by atoms with Crippen LogP contribution in [0.3, 0.4) is 0 Å². The van der Waals surface area contributed by atoms with Crippen molar-refractivity contribution >= 4 is 33.8 Å². The SMILES string of the molecule is COc1ccc(/C=C/c2ccc(N)c(Br)c2)cc1OC. The van der Waals surface area contributed by atoms with Gasteiger partial charge in [-0.2, -0.15) is 0 Å². The van der Waals surface area contributed by atoms with Crippen LogP contribution in [0.5, 0.6) is 11.5 Å². The molecule has 0 aliphatic rings. The van der Waals surface area contributed by atoms with E-state index in [1.54, 1.807) is 14.2 Å². The van der Waals surface area contributed by atoms with Crippen LogP contribution in [0.4, 0.5) is 5.69 Å². The number of hydrogen-bond donors (Lipinski definition) is 1. The van der Waals surface area contributed by atoms with E-state index in [2.05, 4.69) is 15.9 Å². The smallest absolute Gasteiger partial charge is 0.161 e. The van der Waals surface area contributed by atoms with Crippen molar-refractivity contribution in [3.05, 3.63) is 52.0 Å². The van der Waals surface area contributed by atoms with Crippen molar-refractivity contribution in [1.82, 2.24) is 0 Å². The Balaban J connectivity index is 2.24. The fourth-order valence-electron chi connectivity index (χ4n) is 1.80. The molecule has 0 unspecified atom stereocenters. The highest BCUT2D eigenvalue weighted by Gasteiger charge is 2.02. The van der Waals surface area contributed by atoms with Crippen LogP contribution in [0.15, 0.2) is 40.9 Å². The highest BCUT2D eigenvalue weighted by molar-refractivity contribution is 9.10. The second-order valence-electron chi connectivity index (χ2n) is 4.23. The van der Waals surface area contributed by atoms with Gasteiger partial charge in [-0.05, 0) is 51.3 Å². The number of rotatable bonds is 4. The minimum Gasteiger partial charge on any atom is -0.493 e. The zero-order chi connectivity index (χ0) is 14.5. The highest BCUT2D eigenvalue weighted by Crippen LogP contribution is 2.28. The Kier molecular flexibility index (Phi) is 4.69. The lowest BCUT2D eigenvalue weighted by Crippen LogP contribution is -1.90. The van der Waals surface area contributed by atoms with Crippen molar-refractivity contribution in [2.45, 2.75) is 0 Å². The minimum absolute atomic E-state index is 0.716. The molecule has 0 amide bonds. The van der Waals surface area contributed by atoms with E-state index in [4.69, 9.17) is 15.2 Å². The Morgan fingerprint density at radius 2 is 1.50 bits per heavy atom. The molecule has 20 heavy (non-hydrogen) atoms. The monoisotopic (exact) mass is 333 g/mol. The van der Waals surface area contributed by atoms with Crippen molar-refractivity contribution in [3.63, 3.8) is 0 Å². The lowest BCUT2D eigenvalue weighted by atomic mass is 10.1. The Labute approximate surface area is 127 Å². The zero-order valence-corrected chi connectivity index (χ0v) is 13.0. The fourth-order valence-corrected chi connectivity index (χ4v) is 2.19. The molecule has 0 aromatic heterocycles. The summed E-state index contributed by atoms with van der Waals surface area (Å²) in [6, 6.07) is 11.6. The first-order valence-corrected chi connectivity index (χ1v) is 6.88. The Morgan fingerprint density at radius 1 is 0.900 bits per heavy atom. The number of halogens is 1. The van der Waals surface area contributed by atoms with Crippen LogP contribution in [0, 0.1) is 0 Å². The fraction of sp³-hybridized carbons (Fsp3) is 0.125. The molecule has 0 fully saturated rings. The minimum atomic E-state index is 0.716. The van der Waals surface area contributed by atoms with Gasteiger partial charge in [0.25, 0.3) is 0 Å². The first-order chi connectivity index (χ1) is 9.63. The van der Waals surface area contributed by atoms with Gasteiger partial charge < -0.3 is 15.2 Å². The third kappa shape index (κ3) is 3.33. The molecule has 0 bridgehead atoms. The number of anilines is 1. The lowest BCUT2D eigenvalue weighted by molar-refractivity contribution is 0.355. The number of nitrogen functional groups attached to an aromatic ring is 1. The second-order valence-corrected chi connectivity index (χ2v) is 5.08. The second kappa shape index (κ2) is 6.48. The largest absolute Gasteiger partial charge is 0.493 e. The van der Waals surface area contributed by atoms with Crippen LogP contribution >= 0.6 is 15.9 Å². The maximum absolute atomic E-state index is 5.76. The van der Waals surface area contributed by atoms with Crippen LogP contribution < -0.4 is 15.2 Å². The summed E-state index contributed by atoms with van der Waals surface area (Å²) in [4.78, 5) is 0. The molecular weight excluding hydrogens is 318 g/mol. The van der Waals surface area contributed by atoms with Gasteiger partial charge in [0, 0.05) is 10.2 Å². The molecule has 0 aliphatic heterocycles. The normalized spacial score (nSPS) is 10.8. The van der Waals surface area contributed by atoms with Gasteiger partial charge >= 0.3 is 0 Å². The molecule has 2 aromatic carbocycles. The third-order valence-corrected chi connectivity index (χ3v) is 3.59. The molecule has 2 aromatic rings. The van der Waals surface area contributed by atoms with Gasteiger partial charge in [0.15, 0.2) is 11.5 Å². The van der Waals surface area contributed by atoms with Crippen molar-refractivity contribution in [2.75, 3.05) is 20.0 Å². The molecule has 0 atom stereocenters. The molecule has 0 aliphatic carbocycles. The summed E-state index contributed by atoms with van der Waals surface area (Å²) < 4.78 is 11.4. The summed E-state index contributed by atoms with van der Waals surface area (Å²) in [5.41, 5.74) is 8.60. The summed E-state index contributed by atoms with van der Waals surface area (Å²) in [6.07, 6.45) is 4.03. The standard InChI is InChI=1S/C16H16BrNO2/c1-19-15-8-6-12(10-16(15)20-2)4-3-11-5-7-14(18)13(17)9-11/h3-10H,18H2,1-2H3/b4-3+. The third-order valence-electron chi connectivity index (χ3n) is 2.90. The summed E-state index contributed by atoms with van der Waals surface area (Å²) in [6.45, 7) is 0. The molecular formula is C16H16BrNO2. The van der Waals surface area contributed by atoms with Gasteiger partial charge in [0.05, 0.1) is 14.2 Å². The number of nitrogens with two attached hydrogens (primary N) is 1. The van der Waals surface area contributed by atoms with E-state index in [1.807, 2.05) is 48.6 Å². The molecule has 3 nitrogen and oxygen atoms in total. The number of ether oxygens (including phenoxy) is 2. The molecule has 2 rings (SSSR count). The highest BCUT2D eigenvalue weighted by atomic mass is 79.9. The maximum atomic E-state index is 5.76. The predicted octanol–water partition coefficient (Wildman–Crippen LogP) is 4.22. The molecule has 104 valence electrons. The maximum Gasteiger partial charge on any atom is 0.161 e. The van der Waals surface area contributed by atoms with Gasteiger partial charge in [0.1, 0.15) is 0 Å². The van der Waals surface area contributed by atoms with E-state index in [0.29, 0.717) is 5.75 Å². The van der Waals surface area contributed by atoms with E-state index in [9.17, 15) is 0 Å². The lowest BCUT2D eigenvalue weighted by Gasteiger charge is -2.07.